The second-order valence-electron chi connectivity index (χ2n) is 8.82. The molecule has 1 fully saturated rings. The number of hydrogen-bond acceptors (Lipinski definition) is 8. The zero-order chi connectivity index (χ0) is 26.0. The molecule has 4 rings (SSSR count). The van der Waals surface area contributed by atoms with Crippen LogP contribution in [0.15, 0.2) is 34.7 Å². The van der Waals surface area contributed by atoms with Crippen LogP contribution in [0.1, 0.15) is 24.9 Å². The number of urea groups is 1. The minimum Gasteiger partial charge on any atom is -0.494 e. The Morgan fingerprint density at radius 3 is 2.42 bits per heavy atom. The van der Waals surface area contributed by atoms with E-state index >= 15 is 0 Å². The van der Waals surface area contributed by atoms with E-state index in [-0.39, 0.29) is 30.2 Å². The lowest BCUT2D eigenvalue weighted by Gasteiger charge is -2.38. The Morgan fingerprint density at radius 2 is 1.81 bits per heavy atom. The third-order valence-corrected chi connectivity index (χ3v) is 7.80. The van der Waals surface area contributed by atoms with Crippen LogP contribution in [0.4, 0.5) is 4.79 Å². The number of carbonyl (C=O) groups excluding carboxylic acids is 1. The van der Waals surface area contributed by atoms with Gasteiger partial charge in [-0.15, -0.1) is 10.2 Å². The monoisotopic (exact) mass is 517 g/mol. The van der Waals surface area contributed by atoms with Crippen LogP contribution in [0.5, 0.6) is 11.5 Å². The number of benzene rings is 1. The Morgan fingerprint density at radius 1 is 1.11 bits per heavy atom. The molecule has 0 radical (unpaired) electrons. The summed E-state index contributed by atoms with van der Waals surface area (Å²) in [7, 11) is 1.07. The van der Waals surface area contributed by atoms with Gasteiger partial charge in [0.15, 0.2) is 21.4 Å². The number of carbonyl (C=O) groups is 1. The minimum atomic E-state index is -3.68. The molecule has 0 aliphatic carbocycles. The van der Waals surface area contributed by atoms with Gasteiger partial charge >= 0.3 is 6.03 Å². The molecule has 36 heavy (non-hydrogen) atoms. The molecule has 3 heterocycles. The fraction of sp³-hybridized carbons (Fsp3) is 0.458. The number of nitrogens with zero attached hydrogens (tertiary/aromatic N) is 5. The summed E-state index contributed by atoms with van der Waals surface area (Å²) in [6.07, 6.45) is 0.788. The molecule has 0 spiro atoms. The molecule has 0 saturated carbocycles. The van der Waals surface area contributed by atoms with Crippen molar-refractivity contribution in [1.82, 2.24) is 24.6 Å². The normalized spacial score (nSPS) is 16.5. The molecule has 11 nitrogen and oxygen atoms in total. The Bertz CT molecular complexity index is 1330. The lowest BCUT2D eigenvalue weighted by Crippen LogP contribution is -2.53. The van der Waals surface area contributed by atoms with E-state index in [2.05, 4.69) is 10.2 Å². The number of methoxy groups -OCH3 is 2. The molecule has 1 atom stereocenters. The fourth-order valence-corrected chi connectivity index (χ4v) is 5.47. The average molecular weight is 518 g/mol. The number of aryl methyl sites for hydroxylation is 1. The number of ether oxygens (including phenoxy) is 2. The highest BCUT2D eigenvalue weighted by Crippen LogP contribution is 2.37. The minimum absolute atomic E-state index is 0.0285. The standard InChI is InChI=1S/C24H31N5O6S/c1-16-11-12-27(3)24(30)28(16)13-14-36(31,32)15-21-25-26-23(20-10-9-17(2)35-20)29(21)22-18(33-4)7-6-8-19(22)34-5/h6-10,16H,11-15H2,1-5H3/t16-/m0/s1. The van der Waals surface area contributed by atoms with Crippen molar-refractivity contribution in [3.8, 4) is 28.8 Å². The van der Waals surface area contributed by atoms with E-state index in [9.17, 15) is 13.2 Å². The van der Waals surface area contributed by atoms with Gasteiger partial charge < -0.3 is 23.7 Å². The van der Waals surface area contributed by atoms with Crippen LogP contribution in [0.25, 0.3) is 17.3 Å². The lowest BCUT2D eigenvalue weighted by atomic mass is 10.1. The first-order valence-electron chi connectivity index (χ1n) is 11.6. The predicted octanol–water partition coefficient (Wildman–Crippen LogP) is 2.91. The fourth-order valence-electron chi connectivity index (χ4n) is 4.27. The second-order valence-corrected chi connectivity index (χ2v) is 11.0. The molecule has 1 aliphatic heterocycles. The molecule has 1 aromatic carbocycles. The van der Waals surface area contributed by atoms with Gasteiger partial charge in [-0.3, -0.25) is 4.57 Å². The van der Waals surface area contributed by atoms with E-state index in [1.165, 1.54) is 14.2 Å². The topological polar surface area (TPSA) is 120 Å². The van der Waals surface area contributed by atoms with Gasteiger partial charge in [0.25, 0.3) is 0 Å². The Hall–Kier alpha value is -3.54. The molecule has 1 saturated heterocycles. The Labute approximate surface area is 210 Å². The van der Waals surface area contributed by atoms with Crippen molar-refractivity contribution in [2.45, 2.75) is 32.1 Å². The van der Waals surface area contributed by atoms with Crippen LogP contribution in [0.3, 0.4) is 0 Å². The summed E-state index contributed by atoms with van der Waals surface area (Å²) in [5.41, 5.74) is 0.461. The van der Waals surface area contributed by atoms with Crippen LogP contribution in [-0.4, -0.2) is 85.2 Å². The van der Waals surface area contributed by atoms with E-state index in [1.54, 1.807) is 58.7 Å². The number of furan rings is 1. The summed E-state index contributed by atoms with van der Waals surface area (Å²) < 4.78 is 45.0. The summed E-state index contributed by atoms with van der Waals surface area (Å²) >= 11 is 0. The van der Waals surface area contributed by atoms with E-state index < -0.39 is 15.6 Å². The third-order valence-electron chi connectivity index (χ3n) is 6.30. The van der Waals surface area contributed by atoms with Crippen molar-refractivity contribution in [1.29, 1.82) is 0 Å². The van der Waals surface area contributed by atoms with Gasteiger partial charge in [0.1, 0.15) is 28.7 Å². The maximum atomic E-state index is 13.3. The van der Waals surface area contributed by atoms with Crippen molar-refractivity contribution < 1.29 is 27.1 Å². The first kappa shape index (κ1) is 25.5. The van der Waals surface area contributed by atoms with Crippen LogP contribution in [-0.2, 0) is 15.6 Å². The van der Waals surface area contributed by atoms with E-state index in [0.29, 0.717) is 41.1 Å². The summed E-state index contributed by atoms with van der Waals surface area (Å²) in [5.74, 6) is 1.89. The molecule has 1 aliphatic rings. The van der Waals surface area contributed by atoms with Gasteiger partial charge in [-0.25, -0.2) is 13.2 Å². The van der Waals surface area contributed by atoms with E-state index in [0.717, 1.165) is 6.42 Å². The van der Waals surface area contributed by atoms with Gasteiger partial charge in [-0.2, -0.15) is 0 Å². The lowest BCUT2D eigenvalue weighted by molar-refractivity contribution is 0.118. The molecule has 2 amide bonds. The highest BCUT2D eigenvalue weighted by atomic mass is 32.2. The predicted molar refractivity (Wildman–Crippen MR) is 133 cm³/mol. The number of hydrogen-bond donors (Lipinski definition) is 0. The number of para-hydroxylation sites is 1. The number of sulfone groups is 1. The molecule has 0 bridgehead atoms. The zero-order valence-electron chi connectivity index (χ0n) is 21.1. The third kappa shape index (κ3) is 5.03. The highest BCUT2D eigenvalue weighted by Gasteiger charge is 2.31. The van der Waals surface area contributed by atoms with Crippen LogP contribution < -0.4 is 9.47 Å². The van der Waals surface area contributed by atoms with Crippen molar-refractivity contribution in [2.75, 3.05) is 40.1 Å². The largest absolute Gasteiger partial charge is 0.494 e. The first-order valence-corrected chi connectivity index (χ1v) is 13.4. The number of amides is 2. The maximum absolute atomic E-state index is 13.3. The van der Waals surface area contributed by atoms with Crippen molar-refractivity contribution in [2.24, 2.45) is 0 Å². The van der Waals surface area contributed by atoms with Crippen LogP contribution in [0.2, 0.25) is 0 Å². The van der Waals surface area contributed by atoms with Crippen molar-refractivity contribution in [3.05, 3.63) is 41.9 Å². The van der Waals surface area contributed by atoms with E-state index in [4.69, 9.17) is 13.9 Å². The Balaban J connectivity index is 1.71. The molecular weight excluding hydrogens is 486 g/mol. The van der Waals surface area contributed by atoms with Crippen molar-refractivity contribution in [3.63, 3.8) is 0 Å². The average Bonchev–Trinajstić information content (AvgIpc) is 3.46. The summed E-state index contributed by atoms with van der Waals surface area (Å²) in [6.45, 7) is 4.49. The number of rotatable bonds is 9. The van der Waals surface area contributed by atoms with Gasteiger partial charge in [-0.05, 0) is 44.5 Å². The molecule has 2 aromatic heterocycles. The second kappa shape index (κ2) is 10.2. The summed E-state index contributed by atoms with van der Waals surface area (Å²) in [5, 5.41) is 8.49. The number of aromatic nitrogens is 3. The molecule has 3 aromatic rings. The van der Waals surface area contributed by atoms with Gasteiger partial charge in [0, 0.05) is 26.2 Å². The van der Waals surface area contributed by atoms with Gasteiger partial charge in [0.05, 0.1) is 20.0 Å². The Kier molecular flexibility index (Phi) is 7.25. The smallest absolute Gasteiger partial charge is 0.320 e. The van der Waals surface area contributed by atoms with Gasteiger partial charge in [0.2, 0.25) is 5.82 Å². The SMILES string of the molecule is COc1cccc(OC)c1-n1c(CS(=O)(=O)CCN2C(=O)N(C)CC[C@@H]2C)nnc1-c1ccc(C)o1. The molecular formula is C24H31N5O6S. The maximum Gasteiger partial charge on any atom is 0.320 e. The van der Waals surface area contributed by atoms with Crippen LogP contribution >= 0.6 is 0 Å². The van der Waals surface area contributed by atoms with Gasteiger partial charge in [-0.1, -0.05) is 6.07 Å². The summed E-state index contributed by atoms with van der Waals surface area (Å²) in [6, 6.07) is 8.60. The zero-order valence-corrected chi connectivity index (χ0v) is 21.9. The molecule has 194 valence electrons. The summed E-state index contributed by atoms with van der Waals surface area (Å²) in [4.78, 5) is 15.8. The molecule has 0 unspecified atom stereocenters. The first-order chi connectivity index (χ1) is 17.1. The molecule has 12 heteroatoms. The van der Waals surface area contributed by atoms with Crippen LogP contribution in [0, 0.1) is 6.92 Å². The van der Waals surface area contributed by atoms with E-state index in [1.807, 2.05) is 6.92 Å². The highest BCUT2D eigenvalue weighted by molar-refractivity contribution is 7.90. The molecule has 0 N–H and O–H groups in total. The quantitative estimate of drug-likeness (QED) is 0.425. The van der Waals surface area contributed by atoms with Crippen molar-refractivity contribution >= 4 is 15.9 Å².